The van der Waals surface area contributed by atoms with Crippen molar-refractivity contribution in [3.05, 3.63) is 0 Å². The molecule has 1 N–H and O–H groups in total. The second-order valence-corrected chi connectivity index (χ2v) is 4.07. The van der Waals surface area contributed by atoms with Crippen molar-refractivity contribution < 1.29 is 26.6 Å². The first kappa shape index (κ1) is 8.65. The zero-order valence-electron chi connectivity index (χ0n) is 5.56. The Kier molecular flexibility index (Phi) is 4.89. The van der Waals surface area contributed by atoms with Gasteiger partial charge in [0.1, 0.15) is 0 Å². The summed E-state index contributed by atoms with van der Waals surface area (Å²) in [5.74, 6) is 0. The normalized spacial score (nSPS) is 15.1. The van der Waals surface area contributed by atoms with Crippen molar-refractivity contribution in [3.63, 3.8) is 0 Å². The van der Waals surface area contributed by atoms with Crippen molar-refractivity contribution in [2.75, 3.05) is 12.0 Å². The molecule has 0 amide bonds. The average molecular weight is 230 g/mol. The first-order valence-corrected chi connectivity index (χ1v) is 5.75. The van der Waals surface area contributed by atoms with Gasteiger partial charge in [0, 0.05) is 0 Å². The zero-order chi connectivity index (χ0) is 6.57. The topological polar surface area (TPSA) is 23.5 Å². The van der Waals surface area contributed by atoms with Crippen LogP contribution in [0.2, 0.25) is 0 Å². The molecular formula is C5H13INO-. The van der Waals surface area contributed by atoms with Gasteiger partial charge in [-0.1, -0.05) is 0 Å². The van der Waals surface area contributed by atoms with Crippen LogP contribution in [0, 0.1) is 0 Å². The molecule has 3 heteroatoms. The van der Waals surface area contributed by atoms with Gasteiger partial charge in [0.25, 0.3) is 0 Å². The number of alkyl halides is 1. The molecule has 0 aliphatic heterocycles. The number of halogens is 1. The van der Waals surface area contributed by atoms with Crippen molar-refractivity contribution in [2.45, 2.75) is 19.6 Å². The number of hydrogen-bond acceptors (Lipinski definition) is 2. The molecule has 1 atom stereocenters. The van der Waals surface area contributed by atoms with E-state index < -0.39 is 0 Å². The summed E-state index contributed by atoms with van der Waals surface area (Å²) in [7, 11) is 1.96. The Balaban J connectivity index is 3.29. The Morgan fingerprint density at radius 3 is 2.38 bits per heavy atom. The molecule has 0 fully saturated rings. The van der Waals surface area contributed by atoms with Gasteiger partial charge >= 0.3 is 61.2 Å². The van der Waals surface area contributed by atoms with Crippen molar-refractivity contribution in [2.24, 2.45) is 0 Å². The summed E-state index contributed by atoms with van der Waals surface area (Å²) in [6.45, 7) is 1.99. The van der Waals surface area contributed by atoms with Gasteiger partial charge in [-0.25, -0.2) is 0 Å². The Morgan fingerprint density at radius 2 is 2.25 bits per heavy atom. The molecule has 0 rings (SSSR count). The standard InChI is InChI=1S/C5H13INO/c1-4-5(8)7(3)6-2/h5,8H,4H2,1-3H3/q-1. The number of aliphatic hydroxyl groups is 1. The SMILES string of the molecule is CCC(O)N(C)[I-]C. The molecule has 0 bridgehead atoms. The van der Waals surface area contributed by atoms with Crippen LogP contribution in [0.4, 0.5) is 0 Å². The molecule has 0 aromatic heterocycles. The summed E-state index contributed by atoms with van der Waals surface area (Å²) >= 11 is 0.0813. The Morgan fingerprint density at radius 1 is 1.75 bits per heavy atom. The molecule has 8 heavy (non-hydrogen) atoms. The molecule has 0 saturated heterocycles. The molecule has 2 nitrogen and oxygen atoms in total. The van der Waals surface area contributed by atoms with Gasteiger partial charge in [0.2, 0.25) is 0 Å². The van der Waals surface area contributed by atoms with E-state index in [1.165, 1.54) is 0 Å². The minimum absolute atomic E-state index is 0.0813. The molecule has 0 heterocycles. The van der Waals surface area contributed by atoms with Crippen LogP contribution in [0.3, 0.4) is 0 Å². The Bertz CT molecular complexity index is 52.4. The summed E-state index contributed by atoms with van der Waals surface area (Å²) in [4.78, 5) is 2.14. The average Bonchev–Trinajstić information content (AvgIpc) is 1.84. The Hall–Kier alpha value is 0.650. The van der Waals surface area contributed by atoms with Crippen LogP contribution >= 0.6 is 0 Å². The molecule has 0 radical (unpaired) electrons. The third kappa shape index (κ3) is 2.84. The first-order valence-electron chi connectivity index (χ1n) is 2.63. The number of nitrogens with zero attached hydrogens (tertiary/aromatic N) is 1. The summed E-state index contributed by atoms with van der Waals surface area (Å²) in [6.07, 6.45) is 0.636. The maximum atomic E-state index is 9.08. The molecule has 1 unspecified atom stereocenters. The molecule has 0 aromatic rings. The number of rotatable bonds is 3. The molecular weight excluding hydrogens is 217 g/mol. The van der Waals surface area contributed by atoms with Gasteiger partial charge in [-0.2, -0.15) is 0 Å². The monoisotopic (exact) mass is 230 g/mol. The van der Waals surface area contributed by atoms with E-state index >= 15 is 0 Å². The van der Waals surface area contributed by atoms with Crippen molar-refractivity contribution in [1.82, 2.24) is 3.11 Å². The zero-order valence-corrected chi connectivity index (χ0v) is 7.71. The van der Waals surface area contributed by atoms with Crippen LogP contribution in [0.25, 0.3) is 0 Å². The third-order valence-corrected chi connectivity index (χ3v) is 3.21. The third-order valence-electron chi connectivity index (χ3n) is 1.04. The number of aliphatic hydroxyl groups excluding tert-OH is 1. The fourth-order valence-electron chi connectivity index (χ4n) is 0.364. The summed E-state index contributed by atoms with van der Waals surface area (Å²) in [6, 6.07) is 0. The van der Waals surface area contributed by atoms with Crippen LogP contribution < -0.4 is 21.5 Å². The van der Waals surface area contributed by atoms with Gasteiger partial charge in [-0.05, 0) is 0 Å². The first-order chi connectivity index (χ1) is 3.72. The van der Waals surface area contributed by atoms with E-state index in [1.54, 1.807) is 0 Å². The minimum atomic E-state index is -0.201. The van der Waals surface area contributed by atoms with Gasteiger partial charge in [-0.3, -0.25) is 0 Å². The number of hydrogen-bond donors (Lipinski definition) is 1. The van der Waals surface area contributed by atoms with E-state index in [0.717, 1.165) is 6.42 Å². The predicted molar refractivity (Wildman–Crippen MR) is 30.0 cm³/mol. The van der Waals surface area contributed by atoms with E-state index in [9.17, 15) is 0 Å². The van der Waals surface area contributed by atoms with E-state index in [1.807, 2.05) is 17.1 Å². The second-order valence-electron chi connectivity index (χ2n) is 1.58. The molecule has 0 aliphatic rings. The van der Waals surface area contributed by atoms with Crippen LogP contribution in [-0.4, -0.2) is 26.4 Å². The van der Waals surface area contributed by atoms with E-state index in [2.05, 4.69) is 4.93 Å². The molecule has 0 aromatic carbocycles. The van der Waals surface area contributed by atoms with E-state index in [-0.39, 0.29) is 27.7 Å². The maximum absolute atomic E-state index is 9.08. The Labute approximate surface area is 61.5 Å². The van der Waals surface area contributed by atoms with E-state index in [0.29, 0.717) is 0 Å². The summed E-state index contributed by atoms with van der Waals surface area (Å²) in [5.41, 5.74) is 0. The quantitative estimate of drug-likeness (QED) is 0.246. The van der Waals surface area contributed by atoms with Crippen molar-refractivity contribution in [1.29, 1.82) is 0 Å². The van der Waals surface area contributed by atoms with Crippen LogP contribution in [0.15, 0.2) is 0 Å². The second kappa shape index (κ2) is 4.52. The summed E-state index contributed by atoms with van der Waals surface area (Å²) in [5, 5.41) is 9.08. The van der Waals surface area contributed by atoms with Crippen molar-refractivity contribution >= 4 is 0 Å². The molecule has 0 aliphatic carbocycles. The fraction of sp³-hybridized carbons (Fsp3) is 1.00. The van der Waals surface area contributed by atoms with Crippen LogP contribution in [0.5, 0.6) is 0 Å². The summed E-state index contributed by atoms with van der Waals surface area (Å²) < 4.78 is 2.01. The van der Waals surface area contributed by atoms with Gasteiger partial charge in [0.15, 0.2) is 0 Å². The van der Waals surface area contributed by atoms with Gasteiger partial charge < -0.3 is 0 Å². The molecule has 0 spiro atoms. The fourth-order valence-corrected chi connectivity index (χ4v) is 1.40. The van der Waals surface area contributed by atoms with Gasteiger partial charge in [-0.15, -0.1) is 0 Å². The molecule has 0 saturated carbocycles. The van der Waals surface area contributed by atoms with Gasteiger partial charge in [0.05, 0.1) is 0 Å². The molecule has 52 valence electrons. The van der Waals surface area contributed by atoms with E-state index in [4.69, 9.17) is 5.11 Å². The predicted octanol–water partition coefficient (Wildman–Crippen LogP) is -2.72. The van der Waals surface area contributed by atoms with Crippen LogP contribution in [0.1, 0.15) is 13.3 Å². The van der Waals surface area contributed by atoms with Crippen LogP contribution in [-0.2, 0) is 0 Å². The van der Waals surface area contributed by atoms with Crippen molar-refractivity contribution in [3.8, 4) is 0 Å².